The first-order valence-electron chi connectivity index (χ1n) is 11.7. The molecule has 0 spiro atoms. The summed E-state index contributed by atoms with van der Waals surface area (Å²) in [6.07, 6.45) is 3.72. The van der Waals surface area contributed by atoms with Crippen LogP contribution in [0.15, 0.2) is 103 Å². The normalized spacial score (nSPS) is 11.0. The van der Waals surface area contributed by atoms with Crippen molar-refractivity contribution in [1.82, 2.24) is 4.57 Å². The van der Waals surface area contributed by atoms with Crippen LogP contribution in [-0.4, -0.2) is 17.6 Å². The lowest BCUT2D eigenvalue weighted by atomic mass is 9.94. The number of carbonyl (C=O) groups excluding carboxylic acids is 1. The molecule has 3 nitrogen and oxygen atoms in total. The molecule has 0 aliphatic heterocycles. The first-order valence-corrected chi connectivity index (χ1v) is 12.0. The fraction of sp³-hybridized carbons (Fsp3) is 0.129. The molecule has 174 valence electrons. The Labute approximate surface area is 210 Å². The fourth-order valence-corrected chi connectivity index (χ4v) is 4.91. The zero-order valence-corrected chi connectivity index (χ0v) is 20.3. The molecule has 4 aromatic carbocycles. The lowest BCUT2D eigenvalue weighted by molar-refractivity contribution is 0.0599. The van der Waals surface area contributed by atoms with Crippen molar-refractivity contribution in [3.05, 3.63) is 142 Å². The smallest absolute Gasteiger partial charge is 0.338 e. The molecule has 35 heavy (non-hydrogen) atoms. The molecule has 0 saturated heterocycles. The van der Waals surface area contributed by atoms with Crippen molar-refractivity contribution in [2.45, 2.75) is 19.4 Å². The number of fused-ring (bicyclic) bond motifs is 1. The predicted molar refractivity (Wildman–Crippen MR) is 142 cm³/mol. The number of aromatic nitrogens is 1. The van der Waals surface area contributed by atoms with Crippen LogP contribution < -0.4 is 0 Å². The summed E-state index contributed by atoms with van der Waals surface area (Å²) in [4.78, 5) is 12.5. The predicted octanol–water partition coefficient (Wildman–Crippen LogP) is 7.31. The lowest BCUT2D eigenvalue weighted by Gasteiger charge is -2.12. The molecule has 5 rings (SSSR count). The van der Waals surface area contributed by atoms with E-state index in [0.29, 0.717) is 17.0 Å². The average Bonchev–Trinajstić information content (AvgIpc) is 3.23. The Kier molecular flexibility index (Phi) is 6.69. The third-order valence-electron chi connectivity index (χ3n) is 6.36. The molecule has 0 unspecified atom stereocenters. The van der Waals surface area contributed by atoms with E-state index >= 15 is 0 Å². The summed E-state index contributed by atoms with van der Waals surface area (Å²) in [5.74, 6) is -0.374. The Morgan fingerprint density at radius 1 is 0.771 bits per heavy atom. The summed E-state index contributed by atoms with van der Waals surface area (Å²) >= 11 is 6.20. The van der Waals surface area contributed by atoms with Crippen molar-refractivity contribution in [2.24, 2.45) is 0 Å². The fourth-order valence-electron chi connectivity index (χ4n) is 4.73. The number of nitrogens with zero attached hydrogens (tertiary/aromatic N) is 1. The van der Waals surface area contributed by atoms with E-state index in [1.807, 2.05) is 24.3 Å². The number of hydrogen-bond acceptors (Lipinski definition) is 2. The molecule has 1 heterocycles. The van der Waals surface area contributed by atoms with Crippen molar-refractivity contribution in [3.63, 3.8) is 0 Å². The molecule has 0 bridgehead atoms. The monoisotopic (exact) mass is 479 g/mol. The van der Waals surface area contributed by atoms with Crippen LogP contribution in [-0.2, 0) is 24.1 Å². The van der Waals surface area contributed by atoms with Gasteiger partial charge >= 0.3 is 5.97 Å². The minimum absolute atomic E-state index is 0.374. The Hall–Kier alpha value is -3.82. The van der Waals surface area contributed by atoms with Gasteiger partial charge in [0.25, 0.3) is 0 Å². The van der Waals surface area contributed by atoms with Crippen LogP contribution in [0.3, 0.4) is 0 Å². The summed E-state index contributed by atoms with van der Waals surface area (Å²) in [5, 5.41) is 1.75. The number of carbonyl (C=O) groups is 1. The molecule has 0 radical (unpaired) electrons. The number of ether oxygens (including phenoxy) is 1. The highest BCUT2D eigenvalue weighted by Crippen LogP contribution is 2.31. The van der Waals surface area contributed by atoms with Crippen LogP contribution in [0.1, 0.15) is 38.2 Å². The molecular formula is C31H26ClNO2. The molecule has 0 N–H and O–H groups in total. The highest BCUT2D eigenvalue weighted by atomic mass is 35.5. The van der Waals surface area contributed by atoms with E-state index in [4.69, 9.17) is 16.3 Å². The van der Waals surface area contributed by atoms with Gasteiger partial charge in [-0.3, -0.25) is 0 Å². The van der Waals surface area contributed by atoms with Crippen LogP contribution in [0.5, 0.6) is 0 Å². The minimum Gasteiger partial charge on any atom is -0.465 e. The Morgan fingerprint density at radius 3 is 2.20 bits per heavy atom. The number of hydrogen-bond donors (Lipinski definition) is 0. The van der Waals surface area contributed by atoms with Gasteiger partial charge in [-0.15, -0.1) is 0 Å². The van der Waals surface area contributed by atoms with E-state index < -0.39 is 0 Å². The van der Waals surface area contributed by atoms with Gasteiger partial charge in [-0.2, -0.15) is 0 Å². The first-order chi connectivity index (χ1) is 17.1. The van der Waals surface area contributed by atoms with Gasteiger partial charge in [-0.25, -0.2) is 4.79 Å². The van der Waals surface area contributed by atoms with Gasteiger partial charge in [-0.05, 0) is 58.9 Å². The lowest BCUT2D eigenvalue weighted by Crippen LogP contribution is -2.06. The topological polar surface area (TPSA) is 31.2 Å². The molecule has 0 atom stereocenters. The number of benzene rings is 4. The van der Waals surface area contributed by atoms with E-state index in [2.05, 4.69) is 77.5 Å². The van der Waals surface area contributed by atoms with E-state index in [1.54, 1.807) is 6.07 Å². The summed E-state index contributed by atoms with van der Waals surface area (Å²) in [6.45, 7) is 0.796. The Bertz CT molecular complexity index is 1470. The molecule has 0 saturated carbocycles. The largest absolute Gasteiger partial charge is 0.465 e. The van der Waals surface area contributed by atoms with E-state index in [1.165, 1.54) is 40.3 Å². The highest BCUT2D eigenvalue weighted by molar-refractivity contribution is 6.31. The zero-order valence-electron chi connectivity index (χ0n) is 19.6. The second-order valence-corrected chi connectivity index (χ2v) is 9.15. The molecule has 0 fully saturated rings. The van der Waals surface area contributed by atoms with Gasteiger partial charge in [0.15, 0.2) is 0 Å². The molecular weight excluding hydrogens is 454 g/mol. The van der Waals surface area contributed by atoms with E-state index in [0.717, 1.165) is 18.5 Å². The standard InChI is InChI=1S/C31H26ClNO2/c1-35-31(34)28-19-27(32)16-15-24(28)18-25-13-8-14-29-30(25)26(17-22-9-4-2-5-10-22)21-33(29)20-23-11-6-3-7-12-23/h2-16,19,21H,17-18,20H2,1H3. The van der Waals surface area contributed by atoms with Crippen LogP contribution in [0.2, 0.25) is 5.02 Å². The SMILES string of the molecule is COC(=O)c1cc(Cl)ccc1Cc1cccc2c1c(Cc1ccccc1)cn2Cc1ccccc1. The number of esters is 1. The second-order valence-electron chi connectivity index (χ2n) is 8.71. The quantitative estimate of drug-likeness (QED) is 0.229. The van der Waals surface area contributed by atoms with Crippen LogP contribution in [0.4, 0.5) is 0 Å². The van der Waals surface area contributed by atoms with Crippen molar-refractivity contribution in [2.75, 3.05) is 7.11 Å². The van der Waals surface area contributed by atoms with Crippen molar-refractivity contribution >= 4 is 28.5 Å². The number of rotatable bonds is 7. The Balaban J connectivity index is 1.63. The first kappa shape index (κ1) is 22.9. The second kappa shape index (κ2) is 10.2. The molecule has 0 aliphatic carbocycles. The average molecular weight is 480 g/mol. The van der Waals surface area contributed by atoms with Gasteiger partial charge in [-0.1, -0.05) is 90.5 Å². The maximum atomic E-state index is 12.5. The maximum Gasteiger partial charge on any atom is 0.338 e. The van der Waals surface area contributed by atoms with E-state index in [-0.39, 0.29) is 5.97 Å². The molecule has 1 aromatic heterocycles. The molecule has 0 aliphatic rings. The minimum atomic E-state index is -0.374. The number of methoxy groups -OCH3 is 1. The van der Waals surface area contributed by atoms with Crippen LogP contribution >= 0.6 is 11.6 Å². The van der Waals surface area contributed by atoms with Crippen molar-refractivity contribution in [3.8, 4) is 0 Å². The summed E-state index contributed by atoms with van der Waals surface area (Å²) in [6, 6.07) is 32.9. The van der Waals surface area contributed by atoms with Crippen molar-refractivity contribution < 1.29 is 9.53 Å². The van der Waals surface area contributed by atoms with Gasteiger partial charge in [0.1, 0.15) is 0 Å². The summed E-state index contributed by atoms with van der Waals surface area (Å²) in [7, 11) is 1.40. The van der Waals surface area contributed by atoms with Gasteiger partial charge in [0.2, 0.25) is 0 Å². The van der Waals surface area contributed by atoms with Gasteiger partial charge < -0.3 is 9.30 Å². The molecule has 4 heteroatoms. The van der Waals surface area contributed by atoms with Gasteiger partial charge in [0.05, 0.1) is 12.7 Å². The Morgan fingerprint density at radius 2 is 1.49 bits per heavy atom. The zero-order chi connectivity index (χ0) is 24.2. The highest BCUT2D eigenvalue weighted by Gasteiger charge is 2.17. The van der Waals surface area contributed by atoms with Crippen LogP contribution in [0.25, 0.3) is 10.9 Å². The summed E-state index contributed by atoms with van der Waals surface area (Å²) in [5.41, 5.74) is 7.56. The van der Waals surface area contributed by atoms with Crippen molar-refractivity contribution in [1.29, 1.82) is 0 Å². The maximum absolute atomic E-state index is 12.5. The van der Waals surface area contributed by atoms with Crippen LogP contribution in [0, 0.1) is 0 Å². The molecule has 0 amide bonds. The third-order valence-corrected chi connectivity index (χ3v) is 6.60. The summed E-state index contributed by atoms with van der Waals surface area (Å²) < 4.78 is 7.36. The molecule has 5 aromatic rings. The number of halogens is 1. The third kappa shape index (κ3) is 5.01. The van der Waals surface area contributed by atoms with E-state index in [9.17, 15) is 4.79 Å². The van der Waals surface area contributed by atoms with Gasteiger partial charge in [0, 0.05) is 28.7 Å².